The molecule has 1 amide bonds. The second-order valence-corrected chi connectivity index (χ2v) is 4.53. The Morgan fingerprint density at radius 2 is 2.06 bits per heavy atom. The van der Waals surface area contributed by atoms with Gasteiger partial charge in [-0.05, 0) is 15.9 Å². The molecule has 0 aliphatic carbocycles. The minimum Gasteiger partial charge on any atom is -0.354 e. The van der Waals surface area contributed by atoms with Gasteiger partial charge in [-0.3, -0.25) is 9.59 Å². The summed E-state index contributed by atoms with van der Waals surface area (Å²) >= 11 is 2.99. The second-order valence-electron chi connectivity index (χ2n) is 3.68. The lowest BCUT2D eigenvalue weighted by atomic mass is 10.3. The minimum absolute atomic E-state index is 0.0564. The van der Waals surface area contributed by atoms with Gasteiger partial charge in [0.1, 0.15) is 5.69 Å². The Balaban J connectivity index is 2.74. The fourth-order valence-corrected chi connectivity index (χ4v) is 1.76. The van der Waals surface area contributed by atoms with Gasteiger partial charge in [-0.15, -0.1) is 0 Å². The van der Waals surface area contributed by atoms with Gasteiger partial charge in [0.05, 0.1) is 10.9 Å². The van der Waals surface area contributed by atoms with Gasteiger partial charge in [0.15, 0.2) is 0 Å². The highest BCUT2D eigenvalue weighted by atomic mass is 79.9. The van der Waals surface area contributed by atoms with Crippen LogP contribution in [0.1, 0.15) is 12.8 Å². The maximum absolute atomic E-state index is 11.9. The predicted octanol–water partition coefficient (Wildman–Crippen LogP) is 2.43. The standard InChI is InChI=1S/C10H10BrF3N2O2/c1-16-4-6(11)9(18)7(5-16)15-8(17)2-3-10(12,13)14/h4-5H,2-3H2,1H3,(H,15,17). The summed E-state index contributed by atoms with van der Waals surface area (Å²) in [6.45, 7) is 0. The van der Waals surface area contributed by atoms with Crippen LogP contribution in [0.3, 0.4) is 0 Å². The zero-order valence-electron chi connectivity index (χ0n) is 9.34. The molecule has 0 saturated heterocycles. The van der Waals surface area contributed by atoms with E-state index < -0.39 is 30.4 Å². The summed E-state index contributed by atoms with van der Waals surface area (Å²) in [4.78, 5) is 22.8. The molecule has 0 unspecified atom stereocenters. The van der Waals surface area contributed by atoms with E-state index in [2.05, 4.69) is 21.2 Å². The third-order valence-electron chi connectivity index (χ3n) is 2.02. The lowest BCUT2D eigenvalue weighted by Crippen LogP contribution is -2.21. The molecule has 1 aromatic heterocycles. The zero-order valence-corrected chi connectivity index (χ0v) is 10.9. The summed E-state index contributed by atoms with van der Waals surface area (Å²) in [5.74, 6) is -0.845. The first-order chi connectivity index (χ1) is 8.19. The summed E-state index contributed by atoms with van der Waals surface area (Å²) in [7, 11) is 1.62. The molecule has 8 heteroatoms. The first-order valence-corrected chi connectivity index (χ1v) is 5.71. The van der Waals surface area contributed by atoms with Crippen molar-refractivity contribution in [3.63, 3.8) is 0 Å². The van der Waals surface area contributed by atoms with Gasteiger partial charge in [0.2, 0.25) is 11.3 Å². The number of hydrogen-bond acceptors (Lipinski definition) is 2. The largest absolute Gasteiger partial charge is 0.389 e. The number of alkyl halides is 3. The van der Waals surface area contributed by atoms with Gasteiger partial charge in [0.25, 0.3) is 0 Å². The van der Waals surface area contributed by atoms with Gasteiger partial charge in [-0.2, -0.15) is 13.2 Å². The molecule has 1 rings (SSSR count). The molecule has 0 fully saturated rings. The monoisotopic (exact) mass is 326 g/mol. The van der Waals surface area contributed by atoms with Crippen LogP contribution in [0.25, 0.3) is 0 Å². The van der Waals surface area contributed by atoms with Gasteiger partial charge in [-0.25, -0.2) is 0 Å². The molecule has 0 aromatic carbocycles. The predicted molar refractivity (Wildman–Crippen MR) is 63.3 cm³/mol. The van der Waals surface area contributed by atoms with Crippen LogP contribution < -0.4 is 10.7 Å². The van der Waals surface area contributed by atoms with E-state index in [0.717, 1.165) is 0 Å². The molecule has 0 radical (unpaired) electrons. The average molecular weight is 327 g/mol. The number of aryl methyl sites for hydroxylation is 1. The van der Waals surface area contributed by atoms with Crippen LogP contribution in [0.5, 0.6) is 0 Å². The lowest BCUT2D eigenvalue weighted by molar-refractivity contribution is -0.142. The van der Waals surface area contributed by atoms with E-state index >= 15 is 0 Å². The Kier molecular flexibility index (Phi) is 4.55. The van der Waals surface area contributed by atoms with Gasteiger partial charge in [0, 0.05) is 25.9 Å². The minimum atomic E-state index is -4.39. The summed E-state index contributed by atoms with van der Waals surface area (Å²) in [5, 5.41) is 2.16. The normalized spacial score (nSPS) is 11.4. The number of halogens is 4. The molecule has 4 nitrogen and oxygen atoms in total. The Labute approximate surface area is 109 Å². The first kappa shape index (κ1) is 14.7. The smallest absolute Gasteiger partial charge is 0.354 e. The highest BCUT2D eigenvalue weighted by Gasteiger charge is 2.28. The van der Waals surface area contributed by atoms with Crippen LogP contribution in [0, 0.1) is 0 Å². The van der Waals surface area contributed by atoms with E-state index in [4.69, 9.17) is 0 Å². The van der Waals surface area contributed by atoms with Crippen molar-refractivity contribution >= 4 is 27.5 Å². The number of aromatic nitrogens is 1. The van der Waals surface area contributed by atoms with Gasteiger partial charge in [-0.1, -0.05) is 0 Å². The summed E-state index contributed by atoms with van der Waals surface area (Å²) in [6, 6.07) is 0. The van der Waals surface area contributed by atoms with Crippen LogP contribution in [-0.4, -0.2) is 16.7 Å². The molecule has 0 aliphatic heterocycles. The van der Waals surface area contributed by atoms with E-state index in [1.807, 2.05) is 0 Å². The van der Waals surface area contributed by atoms with Crippen LogP contribution >= 0.6 is 15.9 Å². The average Bonchev–Trinajstić information content (AvgIpc) is 2.21. The van der Waals surface area contributed by atoms with Gasteiger partial charge < -0.3 is 9.88 Å². The molecule has 0 saturated carbocycles. The number of carbonyl (C=O) groups excluding carboxylic acids is 1. The van der Waals surface area contributed by atoms with Crippen molar-refractivity contribution < 1.29 is 18.0 Å². The number of pyridine rings is 1. The fraction of sp³-hybridized carbons (Fsp3) is 0.400. The summed E-state index contributed by atoms with van der Waals surface area (Å²) in [6.07, 6.45) is -3.50. The van der Waals surface area contributed by atoms with Crippen molar-refractivity contribution in [2.75, 3.05) is 5.32 Å². The lowest BCUT2D eigenvalue weighted by Gasteiger charge is -2.08. The van der Waals surface area contributed by atoms with Crippen LogP contribution in [0.2, 0.25) is 0 Å². The van der Waals surface area contributed by atoms with Crippen molar-refractivity contribution in [2.45, 2.75) is 19.0 Å². The molecular formula is C10H10BrF3N2O2. The summed E-state index contributed by atoms with van der Waals surface area (Å²) < 4.78 is 37.5. The molecule has 0 aliphatic rings. The van der Waals surface area contributed by atoms with E-state index in [1.54, 1.807) is 7.05 Å². The van der Waals surface area contributed by atoms with E-state index in [1.165, 1.54) is 17.0 Å². The van der Waals surface area contributed by atoms with Crippen molar-refractivity contribution in [1.82, 2.24) is 4.57 Å². The van der Waals surface area contributed by atoms with E-state index in [-0.39, 0.29) is 10.2 Å². The first-order valence-electron chi connectivity index (χ1n) is 4.91. The molecule has 0 bridgehead atoms. The third-order valence-corrected chi connectivity index (χ3v) is 2.59. The zero-order chi connectivity index (χ0) is 13.9. The molecule has 1 heterocycles. The molecular weight excluding hydrogens is 317 g/mol. The van der Waals surface area contributed by atoms with Crippen molar-refractivity contribution in [2.24, 2.45) is 7.05 Å². The van der Waals surface area contributed by atoms with Crippen molar-refractivity contribution in [3.8, 4) is 0 Å². The number of nitrogens with zero attached hydrogens (tertiary/aromatic N) is 1. The van der Waals surface area contributed by atoms with Gasteiger partial charge >= 0.3 is 6.18 Å². The molecule has 1 aromatic rings. The van der Waals surface area contributed by atoms with Crippen LogP contribution in [0.15, 0.2) is 21.7 Å². The van der Waals surface area contributed by atoms with E-state index in [0.29, 0.717) is 0 Å². The molecule has 1 N–H and O–H groups in total. The number of carbonyl (C=O) groups is 1. The Bertz CT molecular complexity index is 511. The SMILES string of the molecule is Cn1cc(Br)c(=O)c(NC(=O)CCC(F)(F)F)c1. The number of rotatable bonds is 3. The quantitative estimate of drug-likeness (QED) is 0.927. The second kappa shape index (κ2) is 5.55. The Morgan fingerprint density at radius 3 is 2.61 bits per heavy atom. The van der Waals surface area contributed by atoms with Crippen LogP contribution in [-0.2, 0) is 11.8 Å². The highest BCUT2D eigenvalue weighted by molar-refractivity contribution is 9.10. The Hall–Kier alpha value is -1.31. The topological polar surface area (TPSA) is 51.1 Å². The summed E-state index contributed by atoms with van der Waals surface area (Å²) in [5.41, 5.74) is -0.535. The third kappa shape index (κ3) is 4.52. The number of anilines is 1. The van der Waals surface area contributed by atoms with Crippen LogP contribution in [0.4, 0.5) is 18.9 Å². The number of hydrogen-bond donors (Lipinski definition) is 1. The maximum Gasteiger partial charge on any atom is 0.389 e. The fourth-order valence-electron chi connectivity index (χ4n) is 1.22. The molecule has 18 heavy (non-hydrogen) atoms. The molecule has 0 atom stereocenters. The van der Waals surface area contributed by atoms with Crippen molar-refractivity contribution in [3.05, 3.63) is 27.1 Å². The number of amides is 1. The highest BCUT2D eigenvalue weighted by Crippen LogP contribution is 2.21. The maximum atomic E-state index is 11.9. The molecule has 100 valence electrons. The Morgan fingerprint density at radius 1 is 1.44 bits per heavy atom. The molecule has 0 spiro atoms. The number of nitrogens with one attached hydrogen (secondary N) is 1. The van der Waals surface area contributed by atoms with Crippen molar-refractivity contribution in [1.29, 1.82) is 0 Å². The van der Waals surface area contributed by atoms with E-state index in [9.17, 15) is 22.8 Å².